The number of hydrogen-bond acceptors (Lipinski definition) is 12. The summed E-state index contributed by atoms with van der Waals surface area (Å²) in [5, 5.41) is 24.3. The van der Waals surface area contributed by atoms with Crippen LogP contribution in [0.1, 0.15) is 62.8 Å². The van der Waals surface area contributed by atoms with Crippen molar-refractivity contribution in [1.29, 1.82) is 0 Å². The lowest BCUT2D eigenvalue weighted by atomic mass is 9.89. The van der Waals surface area contributed by atoms with Crippen LogP contribution in [0.3, 0.4) is 0 Å². The van der Waals surface area contributed by atoms with Gasteiger partial charge in [0.25, 0.3) is 5.91 Å². The molecule has 2 bridgehead atoms. The second-order valence-electron chi connectivity index (χ2n) is 14.0. The topological polar surface area (TPSA) is 221 Å². The predicted octanol–water partition coefficient (Wildman–Crippen LogP) is 2.73. The summed E-state index contributed by atoms with van der Waals surface area (Å²) in [4.78, 5) is 63.1. The van der Waals surface area contributed by atoms with Gasteiger partial charge in [0.2, 0.25) is 11.8 Å². The third-order valence-corrected chi connectivity index (χ3v) is 9.21. The number of nitrogens with zero attached hydrogens (tertiary/aromatic N) is 6. The van der Waals surface area contributed by atoms with Gasteiger partial charge in [0.15, 0.2) is 11.6 Å². The normalized spacial score (nSPS) is 25.3. The summed E-state index contributed by atoms with van der Waals surface area (Å²) in [5.41, 5.74) is 7.59. The first-order valence-corrected chi connectivity index (χ1v) is 18.3. The molecule has 1 saturated heterocycles. The molecule has 55 heavy (non-hydrogen) atoms. The molecule has 5 rings (SSSR count). The molecular formula is C38H48FN9O7. The maximum absolute atomic E-state index is 14.8. The number of allylic oxidation sites excluding steroid dienone is 2. The van der Waals surface area contributed by atoms with Crippen molar-refractivity contribution >= 4 is 29.5 Å². The lowest BCUT2D eigenvalue weighted by molar-refractivity contribution is -0.159. The van der Waals surface area contributed by atoms with Crippen LogP contribution in [-0.4, -0.2) is 103 Å². The third kappa shape index (κ3) is 11.6. The van der Waals surface area contributed by atoms with E-state index in [1.54, 1.807) is 54.4 Å². The Morgan fingerprint density at radius 3 is 2.78 bits per heavy atom. The highest BCUT2D eigenvalue weighted by atomic mass is 19.1. The maximum atomic E-state index is 14.8. The van der Waals surface area contributed by atoms with Gasteiger partial charge in [-0.1, -0.05) is 48.9 Å². The fourth-order valence-electron chi connectivity index (χ4n) is 6.46. The number of hydrogen-bond donors (Lipinski definition) is 4. The van der Waals surface area contributed by atoms with E-state index in [9.17, 15) is 28.7 Å². The predicted molar refractivity (Wildman–Crippen MR) is 198 cm³/mol. The van der Waals surface area contributed by atoms with E-state index < -0.39 is 48.1 Å². The SMILES string of the molecule is CC1=C\[C@@H](O)C[C@@H](F)Cc2nc(co2)C(=O)N2CCC[C@@H]2C(=O)O[C@H](C(C)C)[C@H](CC(=O)NCCn2cc(-c3ccc(N)nc3)nn2)/C=C/C(=O)NC\C=C\1. The fourth-order valence-corrected chi connectivity index (χ4v) is 6.46. The Bertz CT molecular complexity index is 1890. The first kappa shape index (κ1) is 40.5. The molecule has 2 aliphatic rings. The van der Waals surface area contributed by atoms with E-state index in [2.05, 4.69) is 30.9 Å². The molecule has 0 unspecified atom stereocenters. The summed E-state index contributed by atoms with van der Waals surface area (Å²) in [6.45, 7) is 6.37. The first-order valence-electron chi connectivity index (χ1n) is 18.3. The summed E-state index contributed by atoms with van der Waals surface area (Å²) >= 11 is 0. The smallest absolute Gasteiger partial charge is 0.329 e. The standard InChI is InChI=1S/C38H48FN9O7/c1-23(2)36-25(17-34(51)42-13-15-47-21-29(45-46-47)26-8-10-32(40)43-20-26)9-11-33(50)41-12-4-6-24(3)16-28(49)18-27(39)19-35-44-30(22-54-35)37(52)48-14-5-7-31(48)38(53)55-36/h4,6,8-11,16,20-23,25,27-28,31,36,49H,5,7,12-15,17-19H2,1-3H3,(H2,40,43)(H,41,50)(H,42,51)/b6-4+,11-9+,24-16+/t25-,27+,28+,31+,36+/m0/s1. The molecule has 5 heterocycles. The number of pyridine rings is 1. The molecule has 294 valence electrons. The second kappa shape index (κ2) is 19.1. The van der Waals surface area contributed by atoms with Crippen LogP contribution < -0.4 is 16.4 Å². The third-order valence-electron chi connectivity index (χ3n) is 9.21. The number of nitrogen functional groups attached to an aromatic ring is 1. The number of halogens is 1. The Morgan fingerprint density at radius 2 is 2.02 bits per heavy atom. The molecule has 1 fully saturated rings. The van der Waals surface area contributed by atoms with Crippen molar-refractivity contribution in [2.75, 3.05) is 25.4 Å². The molecule has 5 N–H and O–H groups in total. The largest absolute Gasteiger partial charge is 0.460 e. The van der Waals surface area contributed by atoms with Gasteiger partial charge in [-0.05, 0) is 43.9 Å². The molecule has 0 spiro atoms. The Hall–Kier alpha value is -5.71. The maximum Gasteiger partial charge on any atom is 0.329 e. The van der Waals surface area contributed by atoms with Gasteiger partial charge in [0, 0.05) is 50.2 Å². The van der Waals surface area contributed by atoms with E-state index in [4.69, 9.17) is 14.9 Å². The van der Waals surface area contributed by atoms with Gasteiger partial charge in [-0.25, -0.2) is 19.2 Å². The monoisotopic (exact) mass is 761 g/mol. The van der Waals surface area contributed by atoms with Crippen molar-refractivity contribution < 1.29 is 37.8 Å². The quantitative estimate of drug-likeness (QED) is 0.256. The number of esters is 1. The lowest BCUT2D eigenvalue weighted by Crippen LogP contribution is -2.44. The minimum absolute atomic E-state index is 0.00867. The first-order chi connectivity index (χ1) is 26.4. The van der Waals surface area contributed by atoms with Crippen molar-refractivity contribution in [3.05, 3.63) is 78.3 Å². The van der Waals surface area contributed by atoms with E-state index in [-0.39, 0.29) is 62.3 Å². The van der Waals surface area contributed by atoms with E-state index in [0.29, 0.717) is 36.5 Å². The molecule has 0 saturated carbocycles. The number of ether oxygens (including phenoxy) is 1. The molecule has 17 heteroatoms. The van der Waals surface area contributed by atoms with Gasteiger partial charge in [-0.3, -0.25) is 19.1 Å². The number of oxazole rings is 1. The van der Waals surface area contributed by atoms with Crippen LogP contribution >= 0.6 is 0 Å². The van der Waals surface area contributed by atoms with Crippen molar-refractivity contribution in [2.24, 2.45) is 11.8 Å². The van der Waals surface area contributed by atoms with Crippen molar-refractivity contribution in [1.82, 2.24) is 40.5 Å². The molecule has 5 atom stereocenters. The number of nitrogens with one attached hydrogen (secondary N) is 2. The molecule has 3 aromatic rings. The number of aromatic nitrogens is 5. The summed E-state index contributed by atoms with van der Waals surface area (Å²) in [7, 11) is 0. The van der Waals surface area contributed by atoms with Crippen molar-refractivity contribution in [3.63, 3.8) is 0 Å². The average molecular weight is 762 g/mol. The molecule has 3 aromatic heterocycles. The number of anilines is 1. The highest BCUT2D eigenvalue weighted by molar-refractivity contribution is 5.95. The highest BCUT2D eigenvalue weighted by Gasteiger charge is 2.39. The number of aliphatic hydroxyl groups excluding tert-OH is 1. The number of rotatable bonds is 7. The number of cyclic esters (lactones) is 1. The zero-order valence-electron chi connectivity index (χ0n) is 31.1. The number of fused-ring (bicyclic) bond motifs is 3. The Balaban J connectivity index is 1.32. The van der Waals surface area contributed by atoms with Crippen LogP contribution in [0.15, 0.2) is 71.2 Å². The van der Waals surface area contributed by atoms with Crippen LogP contribution in [0.4, 0.5) is 10.2 Å². The molecule has 0 aliphatic carbocycles. The lowest BCUT2D eigenvalue weighted by Gasteiger charge is -2.30. The summed E-state index contributed by atoms with van der Waals surface area (Å²) in [6, 6.07) is 2.52. The summed E-state index contributed by atoms with van der Waals surface area (Å²) < 4.78 is 27.9. The number of alkyl halides is 1. The number of amides is 3. The summed E-state index contributed by atoms with van der Waals surface area (Å²) in [6.07, 6.45) is 9.01. The van der Waals surface area contributed by atoms with E-state index in [1.165, 1.54) is 17.1 Å². The van der Waals surface area contributed by atoms with Crippen molar-refractivity contribution in [2.45, 2.75) is 83.8 Å². The van der Waals surface area contributed by atoms with E-state index in [1.807, 2.05) is 13.8 Å². The number of carbonyl (C=O) groups excluding carboxylic acids is 4. The van der Waals surface area contributed by atoms with Gasteiger partial charge in [0.1, 0.15) is 36.1 Å². The minimum atomic E-state index is -1.50. The number of nitrogens with two attached hydrogens (primary N) is 1. The molecule has 0 aromatic carbocycles. The molecule has 2 aliphatic heterocycles. The number of carbonyl (C=O) groups is 4. The van der Waals surface area contributed by atoms with Crippen LogP contribution in [0, 0.1) is 11.8 Å². The van der Waals surface area contributed by atoms with Crippen LogP contribution in [0.5, 0.6) is 0 Å². The Kier molecular flexibility index (Phi) is 14.0. The van der Waals surface area contributed by atoms with Gasteiger partial charge in [-0.15, -0.1) is 5.10 Å². The van der Waals surface area contributed by atoms with Gasteiger partial charge < -0.3 is 35.5 Å². The van der Waals surface area contributed by atoms with Gasteiger partial charge >= 0.3 is 5.97 Å². The van der Waals surface area contributed by atoms with E-state index >= 15 is 0 Å². The van der Waals surface area contributed by atoms with Gasteiger partial charge in [0.05, 0.1) is 25.3 Å². The molecule has 16 nitrogen and oxygen atoms in total. The number of aliphatic hydroxyl groups is 1. The highest BCUT2D eigenvalue weighted by Crippen LogP contribution is 2.27. The molecule has 0 radical (unpaired) electrons. The Morgan fingerprint density at radius 1 is 1.20 bits per heavy atom. The Labute approximate surface area is 318 Å². The average Bonchev–Trinajstić information content (AvgIpc) is 3.92. The fraction of sp³-hybridized carbons (Fsp3) is 0.474. The van der Waals surface area contributed by atoms with Crippen molar-refractivity contribution in [3.8, 4) is 11.3 Å². The summed E-state index contributed by atoms with van der Waals surface area (Å²) in [5.74, 6) is -2.63. The molecule has 3 amide bonds. The van der Waals surface area contributed by atoms with Crippen LogP contribution in [-0.2, 0) is 32.1 Å². The van der Waals surface area contributed by atoms with Crippen LogP contribution in [0.2, 0.25) is 0 Å². The van der Waals surface area contributed by atoms with Crippen LogP contribution in [0.25, 0.3) is 11.3 Å². The van der Waals surface area contributed by atoms with Gasteiger partial charge in [-0.2, -0.15) is 0 Å². The zero-order valence-corrected chi connectivity index (χ0v) is 31.1. The zero-order chi connectivity index (χ0) is 39.5. The minimum Gasteiger partial charge on any atom is -0.460 e. The molecular weight excluding hydrogens is 713 g/mol. The second-order valence-corrected chi connectivity index (χ2v) is 14.0. The van der Waals surface area contributed by atoms with E-state index in [0.717, 1.165) is 11.8 Å².